The largest absolute Gasteiger partial charge is 0.0928 e. The SMILES string of the molecule is CC[13CH2]Br. The topological polar surface area (TPSA) is 0 Å². The Kier molecular flexibility index (Phi) is 3.90. The van der Waals surface area contributed by atoms with Gasteiger partial charge in [0.05, 0.1) is 0 Å². The van der Waals surface area contributed by atoms with Gasteiger partial charge in [0.1, 0.15) is 0 Å². The molecule has 0 aromatic rings. The summed E-state index contributed by atoms with van der Waals surface area (Å²) >= 11 is 3.25. The second-order valence-electron chi connectivity index (χ2n) is 0.689. The molecule has 0 radical (unpaired) electrons. The zero-order valence-corrected chi connectivity index (χ0v) is 4.38. The van der Waals surface area contributed by atoms with Crippen LogP contribution in [0.3, 0.4) is 0 Å². The summed E-state index contributed by atoms with van der Waals surface area (Å²) in [5, 5.41) is 1.13. The molecule has 0 aliphatic heterocycles. The van der Waals surface area contributed by atoms with Crippen molar-refractivity contribution in [3.8, 4) is 0 Å². The van der Waals surface area contributed by atoms with Gasteiger partial charge in [0.15, 0.2) is 0 Å². The summed E-state index contributed by atoms with van der Waals surface area (Å²) in [5.41, 5.74) is 0. The summed E-state index contributed by atoms with van der Waals surface area (Å²) in [6.07, 6.45) is 1.24. The van der Waals surface area contributed by atoms with E-state index in [2.05, 4.69) is 22.9 Å². The molecule has 0 nitrogen and oxygen atoms in total. The number of hydrogen-bond donors (Lipinski definition) is 0. The van der Waals surface area contributed by atoms with Crippen LogP contribution in [0, 0.1) is 0 Å². The van der Waals surface area contributed by atoms with Gasteiger partial charge in [0.25, 0.3) is 0 Å². The Bertz CT molecular complexity index is 5.25. The number of halogens is 1. The summed E-state index contributed by atoms with van der Waals surface area (Å²) < 4.78 is 0. The maximum atomic E-state index is 3.25. The lowest BCUT2D eigenvalue weighted by Crippen LogP contribution is -1.54. The van der Waals surface area contributed by atoms with Gasteiger partial charge in [0, 0.05) is 5.33 Å². The van der Waals surface area contributed by atoms with Gasteiger partial charge in [-0.05, 0) is 6.42 Å². The molecule has 0 bridgehead atoms. The van der Waals surface area contributed by atoms with Crippen LogP contribution in [0.1, 0.15) is 13.3 Å². The highest BCUT2D eigenvalue weighted by molar-refractivity contribution is 9.09. The van der Waals surface area contributed by atoms with Crippen molar-refractivity contribution in [3.63, 3.8) is 0 Å². The second-order valence-corrected chi connectivity index (χ2v) is 1.48. The van der Waals surface area contributed by atoms with Crippen molar-refractivity contribution in [2.75, 3.05) is 5.33 Å². The van der Waals surface area contributed by atoms with E-state index in [1.807, 2.05) is 0 Å². The van der Waals surface area contributed by atoms with Gasteiger partial charge in [-0.2, -0.15) is 0 Å². The van der Waals surface area contributed by atoms with E-state index in [0.717, 1.165) is 5.33 Å². The van der Waals surface area contributed by atoms with Crippen LogP contribution in [-0.4, -0.2) is 5.33 Å². The third-order valence-corrected chi connectivity index (χ3v) is 0.982. The van der Waals surface area contributed by atoms with E-state index in [0.29, 0.717) is 0 Å². The fraction of sp³-hybridized carbons (Fsp3) is 1.00. The van der Waals surface area contributed by atoms with E-state index < -0.39 is 0 Å². The maximum absolute atomic E-state index is 3.25. The average Bonchev–Trinajstić information content (AvgIpc) is 1.37. The van der Waals surface area contributed by atoms with Crippen molar-refractivity contribution in [3.05, 3.63) is 0 Å². The third kappa shape index (κ3) is 2.48. The zero-order valence-electron chi connectivity index (χ0n) is 2.79. The first-order valence-corrected chi connectivity index (χ1v) is 2.60. The third-order valence-electron chi connectivity index (χ3n) is 0.189. The Morgan fingerprint density at radius 2 is 2.00 bits per heavy atom. The molecule has 0 fully saturated rings. The lowest BCUT2D eigenvalue weighted by atomic mass is 10.8. The number of rotatable bonds is 1. The molecular formula is C3H7Br. The minimum atomic E-state index is 1.13. The Hall–Kier alpha value is 0.480. The molecule has 0 spiro atoms. The molecule has 0 saturated carbocycles. The highest BCUT2D eigenvalue weighted by Crippen LogP contribution is 1.80. The molecule has 0 aromatic carbocycles. The molecule has 0 N–H and O–H groups in total. The lowest BCUT2D eigenvalue weighted by molar-refractivity contribution is 1.12. The zero-order chi connectivity index (χ0) is 3.41. The van der Waals surface area contributed by atoms with Crippen molar-refractivity contribution < 1.29 is 0 Å². The minimum absolute atomic E-state index is 1.13. The van der Waals surface area contributed by atoms with Crippen LogP contribution in [0.2, 0.25) is 0 Å². The van der Waals surface area contributed by atoms with E-state index in [9.17, 15) is 0 Å². The van der Waals surface area contributed by atoms with Crippen molar-refractivity contribution in [2.24, 2.45) is 0 Å². The quantitative estimate of drug-likeness (QED) is 0.369. The summed E-state index contributed by atoms with van der Waals surface area (Å²) in [7, 11) is 0. The van der Waals surface area contributed by atoms with Gasteiger partial charge in [-0.1, -0.05) is 22.9 Å². The standard InChI is InChI=1S/C3H7Br/c1-2-3-4/h2-3H2,1H3/i3+1. The van der Waals surface area contributed by atoms with E-state index >= 15 is 0 Å². The van der Waals surface area contributed by atoms with Crippen molar-refractivity contribution in [2.45, 2.75) is 13.3 Å². The second kappa shape index (κ2) is 3.48. The monoisotopic (exact) mass is 123 g/mol. The fourth-order valence-corrected chi connectivity index (χ4v) is 0. The van der Waals surface area contributed by atoms with Crippen molar-refractivity contribution in [1.82, 2.24) is 0 Å². The molecule has 0 amide bonds. The summed E-state index contributed by atoms with van der Waals surface area (Å²) in [4.78, 5) is 0. The van der Waals surface area contributed by atoms with Gasteiger partial charge in [-0.25, -0.2) is 0 Å². The first-order valence-electron chi connectivity index (χ1n) is 1.47. The highest BCUT2D eigenvalue weighted by atomic mass is 79.9. The van der Waals surface area contributed by atoms with E-state index in [4.69, 9.17) is 0 Å². The van der Waals surface area contributed by atoms with Crippen LogP contribution in [0.15, 0.2) is 0 Å². The Balaban J connectivity index is 1.97. The first-order chi connectivity index (χ1) is 1.91. The average molecular weight is 124 g/mol. The van der Waals surface area contributed by atoms with Gasteiger partial charge in [-0.15, -0.1) is 0 Å². The van der Waals surface area contributed by atoms with Crippen LogP contribution in [-0.2, 0) is 0 Å². The van der Waals surface area contributed by atoms with Crippen LogP contribution in [0.25, 0.3) is 0 Å². The highest BCUT2D eigenvalue weighted by Gasteiger charge is 1.58. The van der Waals surface area contributed by atoms with Crippen LogP contribution >= 0.6 is 15.9 Å². The molecule has 0 aromatic heterocycles. The lowest BCUT2D eigenvalue weighted by Gasteiger charge is -1.66. The van der Waals surface area contributed by atoms with Gasteiger partial charge < -0.3 is 0 Å². The van der Waals surface area contributed by atoms with Crippen LogP contribution in [0.5, 0.6) is 0 Å². The first kappa shape index (κ1) is 4.48. The number of alkyl halides is 1. The van der Waals surface area contributed by atoms with Crippen molar-refractivity contribution >= 4 is 15.9 Å². The molecular weight excluding hydrogens is 117 g/mol. The predicted molar refractivity (Wildman–Crippen MR) is 24.1 cm³/mol. The molecule has 0 rings (SSSR count). The normalized spacial score (nSPS) is 7.50. The van der Waals surface area contributed by atoms with Gasteiger partial charge >= 0.3 is 0 Å². The Morgan fingerprint density at radius 3 is 2.00 bits per heavy atom. The Morgan fingerprint density at radius 1 is 1.75 bits per heavy atom. The van der Waals surface area contributed by atoms with Gasteiger partial charge in [-0.3, -0.25) is 0 Å². The Labute approximate surface area is 35.3 Å². The molecule has 0 atom stereocenters. The molecule has 1 heteroatoms. The van der Waals surface area contributed by atoms with E-state index in [1.54, 1.807) is 0 Å². The smallest absolute Gasteiger partial charge is 0.00286 e. The fourth-order valence-electron chi connectivity index (χ4n) is 0. The molecule has 26 valence electrons. The van der Waals surface area contributed by atoms with E-state index in [1.165, 1.54) is 6.42 Å². The summed E-state index contributed by atoms with van der Waals surface area (Å²) in [5.74, 6) is 0. The molecule has 0 saturated heterocycles. The van der Waals surface area contributed by atoms with Crippen LogP contribution < -0.4 is 0 Å². The molecule has 0 aliphatic carbocycles. The summed E-state index contributed by atoms with van der Waals surface area (Å²) in [6.45, 7) is 2.13. The predicted octanol–water partition coefficient (Wildman–Crippen LogP) is 1.79. The van der Waals surface area contributed by atoms with Gasteiger partial charge in [0.2, 0.25) is 0 Å². The molecule has 4 heavy (non-hydrogen) atoms. The maximum Gasteiger partial charge on any atom is 0.00286 e. The van der Waals surface area contributed by atoms with Crippen molar-refractivity contribution in [1.29, 1.82) is 0 Å². The number of hydrogen-bond acceptors (Lipinski definition) is 0. The molecule has 0 aliphatic rings. The molecule has 0 unspecified atom stereocenters. The molecule has 0 heterocycles. The minimum Gasteiger partial charge on any atom is -0.0928 e. The van der Waals surface area contributed by atoms with E-state index in [-0.39, 0.29) is 0 Å². The summed E-state index contributed by atoms with van der Waals surface area (Å²) in [6, 6.07) is 0. The van der Waals surface area contributed by atoms with Crippen LogP contribution in [0.4, 0.5) is 0 Å².